The lowest BCUT2D eigenvalue weighted by Gasteiger charge is -2.20. The molecule has 0 spiro atoms. The van der Waals surface area contributed by atoms with Gasteiger partial charge in [0.15, 0.2) is 5.96 Å². The average molecular weight is 574 g/mol. The van der Waals surface area contributed by atoms with Crippen molar-refractivity contribution < 1.29 is 18.0 Å². The number of rotatable bonds is 7. The van der Waals surface area contributed by atoms with Crippen LogP contribution in [-0.4, -0.2) is 44.0 Å². The summed E-state index contributed by atoms with van der Waals surface area (Å²) in [6, 6.07) is 12.9. The van der Waals surface area contributed by atoms with Gasteiger partial charge >= 0.3 is 6.18 Å². The number of hydrogen-bond donors (Lipinski definition) is 2. The number of halogens is 4. The summed E-state index contributed by atoms with van der Waals surface area (Å²) in [6.07, 6.45) is -2.67. The van der Waals surface area contributed by atoms with Crippen molar-refractivity contribution >= 4 is 35.8 Å². The molecule has 0 bridgehead atoms. The Balaban J connectivity index is 0.00000385. The van der Waals surface area contributed by atoms with Crippen LogP contribution >= 0.6 is 24.0 Å². The van der Waals surface area contributed by atoms with Gasteiger partial charge in [-0.2, -0.15) is 13.2 Å². The van der Waals surface area contributed by atoms with Gasteiger partial charge in [-0.1, -0.05) is 30.3 Å². The highest BCUT2D eigenvalue weighted by molar-refractivity contribution is 14.0. The van der Waals surface area contributed by atoms with Crippen LogP contribution in [0.5, 0.6) is 0 Å². The largest absolute Gasteiger partial charge is 0.416 e. The van der Waals surface area contributed by atoms with Gasteiger partial charge in [-0.25, -0.2) is 4.99 Å². The van der Waals surface area contributed by atoms with Crippen LogP contribution in [0.4, 0.5) is 13.2 Å². The lowest BCUT2D eigenvalue weighted by atomic mass is 9.94. The first-order valence-electron chi connectivity index (χ1n) is 10.7. The molecule has 0 saturated heterocycles. The lowest BCUT2D eigenvalue weighted by Crippen LogP contribution is -2.41. The quantitative estimate of drug-likeness (QED) is 0.284. The number of hydrogen-bond acceptors (Lipinski definition) is 2. The molecule has 0 unspecified atom stereocenters. The van der Waals surface area contributed by atoms with Crippen molar-refractivity contribution in [3.05, 3.63) is 70.8 Å². The van der Waals surface area contributed by atoms with E-state index in [0.29, 0.717) is 36.7 Å². The highest BCUT2D eigenvalue weighted by Crippen LogP contribution is 2.48. The number of amides is 1. The Morgan fingerprint density at radius 1 is 1.09 bits per heavy atom. The molecule has 0 aliphatic heterocycles. The third kappa shape index (κ3) is 7.09. The fourth-order valence-electron chi connectivity index (χ4n) is 3.52. The molecule has 1 amide bonds. The fraction of sp³-hybridized carbons (Fsp3) is 0.417. The van der Waals surface area contributed by atoms with Crippen molar-refractivity contribution in [2.75, 3.05) is 27.2 Å². The summed E-state index contributed by atoms with van der Waals surface area (Å²) < 4.78 is 39.3. The van der Waals surface area contributed by atoms with Crippen molar-refractivity contribution in [1.29, 1.82) is 0 Å². The second-order valence-electron chi connectivity index (χ2n) is 8.30. The molecule has 2 N–H and O–H groups in total. The van der Waals surface area contributed by atoms with Crippen molar-refractivity contribution in [3.8, 4) is 0 Å². The number of guanidine groups is 1. The predicted molar refractivity (Wildman–Crippen MR) is 135 cm³/mol. The minimum atomic E-state index is -4.34. The van der Waals surface area contributed by atoms with Crippen molar-refractivity contribution in [2.24, 2.45) is 4.99 Å². The smallest absolute Gasteiger partial charge is 0.357 e. The zero-order chi connectivity index (χ0) is 23.4. The van der Waals surface area contributed by atoms with E-state index in [1.54, 1.807) is 32.3 Å². The highest BCUT2D eigenvalue weighted by Gasteiger charge is 2.45. The van der Waals surface area contributed by atoms with Gasteiger partial charge in [-0.05, 0) is 49.1 Å². The Morgan fingerprint density at radius 2 is 1.76 bits per heavy atom. The van der Waals surface area contributed by atoms with Crippen molar-refractivity contribution in [1.82, 2.24) is 15.5 Å². The van der Waals surface area contributed by atoms with E-state index in [4.69, 9.17) is 0 Å². The maximum absolute atomic E-state index is 13.1. The average Bonchev–Trinajstić information content (AvgIpc) is 3.56. The first-order chi connectivity index (χ1) is 15.1. The van der Waals surface area contributed by atoms with Gasteiger partial charge in [0.2, 0.25) is 0 Å². The predicted octanol–water partition coefficient (Wildman–Crippen LogP) is 4.81. The van der Waals surface area contributed by atoms with Gasteiger partial charge in [-0.3, -0.25) is 4.79 Å². The molecule has 33 heavy (non-hydrogen) atoms. The van der Waals surface area contributed by atoms with Gasteiger partial charge < -0.3 is 15.5 Å². The van der Waals surface area contributed by atoms with Crippen molar-refractivity contribution in [2.45, 2.75) is 37.9 Å². The van der Waals surface area contributed by atoms with Crippen LogP contribution in [0.3, 0.4) is 0 Å². The third-order valence-electron chi connectivity index (χ3n) is 5.62. The zero-order valence-corrected chi connectivity index (χ0v) is 21.3. The summed E-state index contributed by atoms with van der Waals surface area (Å²) in [5, 5.41) is 6.47. The summed E-state index contributed by atoms with van der Waals surface area (Å²) in [5.74, 6) is 0.554. The molecule has 1 aliphatic rings. The molecule has 1 fully saturated rings. The summed E-state index contributed by atoms with van der Waals surface area (Å²) in [4.78, 5) is 18.1. The molecule has 3 rings (SSSR count). The first kappa shape index (κ1) is 26.9. The second kappa shape index (κ2) is 11.2. The van der Waals surface area contributed by atoms with E-state index < -0.39 is 11.7 Å². The van der Waals surface area contributed by atoms with E-state index in [9.17, 15) is 18.0 Å². The molecule has 0 atom stereocenters. The monoisotopic (exact) mass is 574 g/mol. The molecule has 0 aromatic heterocycles. The van der Waals surface area contributed by atoms with Crippen LogP contribution in [-0.2, 0) is 18.1 Å². The molecule has 1 aliphatic carbocycles. The van der Waals surface area contributed by atoms with Crippen LogP contribution < -0.4 is 10.6 Å². The van der Waals surface area contributed by atoms with Crippen LogP contribution in [0.2, 0.25) is 0 Å². The molecule has 0 radical (unpaired) electrons. The van der Waals surface area contributed by atoms with Crippen LogP contribution in [0.25, 0.3) is 0 Å². The van der Waals surface area contributed by atoms with E-state index >= 15 is 0 Å². The number of nitrogens with zero attached hydrogens (tertiary/aromatic N) is 2. The van der Waals surface area contributed by atoms with Gasteiger partial charge in [0.1, 0.15) is 0 Å². The molecule has 2 aromatic carbocycles. The maximum atomic E-state index is 13.1. The normalized spacial score (nSPS) is 14.8. The molecule has 0 heterocycles. The number of nitrogens with one attached hydrogen (secondary N) is 2. The molecule has 1 saturated carbocycles. The minimum Gasteiger partial charge on any atom is -0.357 e. The molecule has 9 heteroatoms. The standard InChI is InChI=1S/C24H29F3N4O.HI/c1-4-28-22(29-15-17-8-10-18(11-9-17)21(32)31(2)3)30-16-23(12-13-23)19-6-5-7-20(14-19)24(25,26)27;/h5-11,14H,4,12-13,15-16H2,1-3H3,(H2,28,29,30);1H. The topological polar surface area (TPSA) is 56.7 Å². The molecular weight excluding hydrogens is 544 g/mol. The number of aliphatic imine (C=N–C) groups is 1. The fourth-order valence-corrected chi connectivity index (χ4v) is 3.52. The number of alkyl halides is 3. The molecular formula is C24H30F3IN4O. The summed E-state index contributed by atoms with van der Waals surface area (Å²) >= 11 is 0. The third-order valence-corrected chi connectivity index (χ3v) is 5.62. The molecule has 2 aromatic rings. The zero-order valence-electron chi connectivity index (χ0n) is 19.0. The van der Waals surface area contributed by atoms with E-state index in [-0.39, 0.29) is 35.3 Å². The number of carbonyl (C=O) groups excluding carboxylic acids is 1. The van der Waals surface area contributed by atoms with E-state index in [2.05, 4.69) is 15.6 Å². The summed E-state index contributed by atoms with van der Waals surface area (Å²) in [5.41, 5.74) is 1.36. The number of carbonyl (C=O) groups is 1. The van der Waals surface area contributed by atoms with Gasteiger partial charge in [0, 0.05) is 38.2 Å². The Bertz CT molecular complexity index is 970. The Hall–Kier alpha value is -2.30. The second-order valence-corrected chi connectivity index (χ2v) is 8.30. The highest BCUT2D eigenvalue weighted by atomic mass is 127. The van der Waals surface area contributed by atoms with Crippen LogP contribution in [0.15, 0.2) is 53.5 Å². The maximum Gasteiger partial charge on any atom is 0.416 e. The van der Waals surface area contributed by atoms with Crippen molar-refractivity contribution in [3.63, 3.8) is 0 Å². The minimum absolute atomic E-state index is 0. The Kier molecular flexibility index (Phi) is 9.16. The number of benzene rings is 2. The SMILES string of the molecule is CCNC(=NCc1ccc(C(=O)N(C)C)cc1)NCC1(c2cccc(C(F)(F)F)c2)CC1.I. The van der Waals surface area contributed by atoms with Gasteiger partial charge in [0.25, 0.3) is 5.91 Å². The van der Waals surface area contributed by atoms with Gasteiger partial charge in [-0.15, -0.1) is 24.0 Å². The molecule has 5 nitrogen and oxygen atoms in total. The van der Waals surface area contributed by atoms with Gasteiger partial charge in [0.05, 0.1) is 12.1 Å². The summed E-state index contributed by atoms with van der Waals surface area (Å²) in [6.45, 7) is 3.55. The summed E-state index contributed by atoms with van der Waals surface area (Å²) in [7, 11) is 3.42. The van der Waals surface area contributed by atoms with E-state index in [1.807, 2.05) is 19.1 Å². The first-order valence-corrected chi connectivity index (χ1v) is 10.7. The van der Waals surface area contributed by atoms with Crippen LogP contribution in [0.1, 0.15) is 46.8 Å². The Morgan fingerprint density at radius 3 is 2.30 bits per heavy atom. The molecule has 180 valence electrons. The van der Waals surface area contributed by atoms with Crippen LogP contribution in [0, 0.1) is 0 Å². The lowest BCUT2D eigenvalue weighted by molar-refractivity contribution is -0.137. The Labute approximate surface area is 209 Å². The van der Waals surface area contributed by atoms with E-state index in [0.717, 1.165) is 24.5 Å². The van der Waals surface area contributed by atoms with E-state index in [1.165, 1.54) is 17.0 Å².